The number of thiazole rings is 1. The van der Waals surface area contributed by atoms with E-state index in [0.717, 1.165) is 29.4 Å². The molecule has 2 rings (SSSR count). The van der Waals surface area contributed by atoms with Crippen molar-refractivity contribution < 1.29 is 4.39 Å². The standard InChI is InChI=1S/C12H14FN3S/c13-10-3-1-9(2-4-10)5-6-15-12-16-11(7-14)8-17-12/h1-4,8H,5-7,14H2,(H,15,16). The van der Waals surface area contributed by atoms with Crippen molar-refractivity contribution in [1.29, 1.82) is 0 Å². The van der Waals surface area contributed by atoms with Gasteiger partial charge in [-0.25, -0.2) is 9.37 Å². The van der Waals surface area contributed by atoms with Crippen LogP contribution in [0.1, 0.15) is 11.3 Å². The van der Waals surface area contributed by atoms with Gasteiger partial charge in [0.1, 0.15) is 5.82 Å². The zero-order chi connectivity index (χ0) is 12.1. The molecule has 90 valence electrons. The van der Waals surface area contributed by atoms with Crippen molar-refractivity contribution in [2.45, 2.75) is 13.0 Å². The molecule has 0 aliphatic heterocycles. The molecule has 2 aromatic rings. The summed E-state index contributed by atoms with van der Waals surface area (Å²) in [6, 6.07) is 6.55. The molecule has 0 spiro atoms. The fourth-order valence-electron chi connectivity index (χ4n) is 1.45. The molecule has 0 bridgehead atoms. The second-order valence-electron chi connectivity index (χ2n) is 3.65. The van der Waals surface area contributed by atoms with Gasteiger partial charge in [-0.1, -0.05) is 12.1 Å². The second kappa shape index (κ2) is 5.75. The third-order valence-corrected chi connectivity index (χ3v) is 3.21. The van der Waals surface area contributed by atoms with Crippen LogP contribution in [0.3, 0.4) is 0 Å². The van der Waals surface area contributed by atoms with Crippen molar-refractivity contribution >= 4 is 16.5 Å². The lowest BCUT2D eigenvalue weighted by molar-refractivity contribution is 0.627. The van der Waals surface area contributed by atoms with Crippen molar-refractivity contribution in [3.05, 3.63) is 46.7 Å². The van der Waals surface area contributed by atoms with Gasteiger partial charge in [0.15, 0.2) is 5.13 Å². The van der Waals surface area contributed by atoms with Crippen LogP contribution in [0.5, 0.6) is 0 Å². The summed E-state index contributed by atoms with van der Waals surface area (Å²) in [7, 11) is 0. The van der Waals surface area contributed by atoms with Crippen LogP contribution in [0.15, 0.2) is 29.6 Å². The van der Waals surface area contributed by atoms with E-state index in [4.69, 9.17) is 5.73 Å². The number of nitrogens with zero attached hydrogens (tertiary/aromatic N) is 1. The maximum atomic E-state index is 12.7. The lowest BCUT2D eigenvalue weighted by Crippen LogP contribution is -2.05. The molecule has 0 saturated heterocycles. The van der Waals surface area contributed by atoms with Crippen LogP contribution in [-0.4, -0.2) is 11.5 Å². The van der Waals surface area contributed by atoms with E-state index in [0.29, 0.717) is 6.54 Å². The first kappa shape index (κ1) is 12.0. The van der Waals surface area contributed by atoms with Gasteiger partial charge >= 0.3 is 0 Å². The van der Waals surface area contributed by atoms with E-state index < -0.39 is 0 Å². The zero-order valence-electron chi connectivity index (χ0n) is 9.32. The quantitative estimate of drug-likeness (QED) is 0.858. The molecular formula is C12H14FN3S. The molecule has 0 fully saturated rings. The number of nitrogens with two attached hydrogens (primary N) is 1. The fourth-order valence-corrected chi connectivity index (χ4v) is 2.20. The Balaban J connectivity index is 1.81. The SMILES string of the molecule is NCc1csc(NCCc2ccc(F)cc2)n1. The van der Waals surface area contributed by atoms with E-state index in [9.17, 15) is 4.39 Å². The molecule has 3 N–H and O–H groups in total. The summed E-state index contributed by atoms with van der Waals surface area (Å²) >= 11 is 1.55. The van der Waals surface area contributed by atoms with Crippen LogP contribution in [-0.2, 0) is 13.0 Å². The number of nitrogens with one attached hydrogen (secondary N) is 1. The molecule has 0 amide bonds. The van der Waals surface area contributed by atoms with Gasteiger partial charge in [-0.15, -0.1) is 11.3 Å². The Hall–Kier alpha value is -1.46. The van der Waals surface area contributed by atoms with E-state index in [1.807, 2.05) is 5.38 Å². The second-order valence-corrected chi connectivity index (χ2v) is 4.51. The van der Waals surface area contributed by atoms with Crippen LogP contribution in [0.2, 0.25) is 0 Å². The van der Waals surface area contributed by atoms with Gasteiger partial charge in [0.2, 0.25) is 0 Å². The monoisotopic (exact) mass is 251 g/mol. The lowest BCUT2D eigenvalue weighted by Gasteiger charge is -2.02. The van der Waals surface area contributed by atoms with Crippen molar-refractivity contribution in [2.24, 2.45) is 5.73 Å². The van der Waals surface area contributed by atoms with Crippen molar-refractivity contribution in [3.8, 4) is 0 Å². The molecule has 5 heteroatoms. The molecule has 1 aromatic carbocycles. The number of aromatic nitrogens is 1. The molecule has 1 aromatic heterocycles. The van der Waals surface area contributed by atoms with Gasteiger partial charge in [0.25, 0.3) is 0 Å². The number of rotatable bonds is 5. The van der Waals surface area contributed by atoms with Crippen LogP contribution in [0, 0.1) is 5.82 Å². The van der Waals surface area contributed by atoms with E-state index in [1.165, 1.54) is 12.1 Å². The van der Waals surface area contributed by atoms with Gasteiger partial charge in [-0.05, 0) is 24.1 Å². The Morgan fingerprint density at radius 1 is 1.29 bits per heavy atom. The Kier molecular flexibility index (Phi) is 4.06. The average Bonchev–Trinajstić information content (AvgIpc) is 2.80. The first-order valence-electron chi connectivity index (χ1n) is 5.40. The molecule has 0 aliphatic rings. The maximum Gasteiger partial charge on any atom is 0.182 e. The number of halogens is 1. The summed E-state index contributed by atoms with van der Waals surface area (Å²) in [5.41, 5.74) is 7.49. The third kappa shape index (κ3) is 3.51. The highest BCUT2D eigenvalue weighted by Gasteiger charge is 1.99. The Labute approximate surface area is 103 Å². The molecular weight excluding hydrogens is 237 g/mol. The number of hydrogen-bond donors (Lipinski definition) is 2. The maximum absolute atomic E-state index is 12.7. The summed E-state index contributed by atoms with van der Waals surface area (Å²) in [5, 5.41) is 6.05. The molecule has 0 saturated carbocycles. The zero-order valence-corrected chi connectivity index (χ0v) is 10.1. The van der Waals surface area contributed by atoms with Gasteiger partial charge < -0.3 is 11.1 Å². The van der Waals surface area contributed by atoms with Crippen LogP contribution >= 0.6 is 11.3 Å². The van der Waals surface area contributed by atoms with E-state index in [1.54, 1.807) is 23.5 Å². The molecule has 3 nitrogen and oxygen atoms in total. The molecule has 1 heterocycles. The molecule has 0 radical (unpaired) electrons. The summed E-state index contributed by atoms with van der Waals surface area (Å²) in [6.07, 6.45) is 0.845. The largest absolute Gasteiger partial charge is 0.361 e. The van der Waals surface area contributed by atoms with E-state index in [2.05, 4.69) is 10.3 Å². The van der Waals surface area contributed by atoms with Gasteiger partial charge in [-0.2, -0.15) is 0 Å². The predicted molar refractivity (Wildman–Crippen MR) is 68.6 cm³/mol. The molecule has 0 unspecified atom stereocenters. The van der Waals surface area contributed by atoms with Crippen LogP contribution in [0.25, 0.3) is 0 Å². The highest BCUT2D eigenvalue weighted by Crippen LogP contribution is 2.14. The van der Waals surface area contributed by atoms with Gasteiger partial charge in [0.05, 0.1) is 5.69 Å². The molecule has 17 heavy (non-hydrogen) atoms. The lowest BCUT2D eigenvalue weighted by atomic mass is 10.1. The topological polar surface area (TPSA) is 50.9 Å². The third-order valence-electron chi connectivity index (χ3n) is 2.36. The first-order valence-corrected chi connectivity index (χ1v) is 6.28. The average molecular weight is 251 g/mol. The minimum atomic E-state index is -0.200. The highest BCUT2D eigenvalue weighted by molar-refractivity contribution is 7.13. The van der Waals surface area contributed by atoms with Crippen molar-refractivity contribution in [1.82, 2.24) is 4.98 Å². The van der Waals surface area contributed by atoms with Gasteiger partial charge in [-0.3, -0.25) is 0 Å². The number of benzene rings is 1. The number of hydrogen-bond acceptors (Lipinski definition) is 4. The Morgan fingerprint density at radius 2 is 2.06 bits per heavy atom. The molecule has 0 aliphatic carbocycles. The summed E-state index contributed by atoms with van der Waals surface area (Å²) in [5.74, 6) is -0.200. The minimum Gasteiger partial charge on any atom is -0.361 e. The van der Waals surface area contributed by atoms with Crippen molar-refractivity contribution in [3.63, 3.8) is 0 Å². The normalized spacial score (nSPS) is 10.5. The first-order chi connectivity index (χ1) is 8.28. The summed E-state index contributed by atoms with van der Waals surface area (Å²) in [4.78, 5) is 4.30. The number of anilines is 1. The van der Waals surface area contributed by atoms with E-state index in [-0.39, 0.29) is 5.82 Å². The Morgan fingerprint density at radius 3 is 2.71 bits per heavy atom. The van der Waals surface area contributed by atoms with Gasteiger partial charge in [0, 0.05) is 18.5 Å². The minimum absolute atomic E-state index is 0.200. The van der Waals surface area contributed by atoms with Crippen LogP contribution < -0.4 is 11.1 Å². The van der Waals surface area contributed by atoms with Crippen molar-refractivity contribution in [2.75, 3.05) is 11.9 Å². The Bertz CT molecular complexity index is 467. The smallest absolute Gasteiger partial charge is 0.182 e. The fraction of sp³-hybridized carbons (Fsp3) is 0.250. The predicted octanol–water partition coefficient (Wildman–Crippen LogP) is 2.40. The van der Waals surface area contributed by atoms with E-state index >= 15 is 0 Å². The highest BCUT2D eigenvalue weighted by atomic mass is 32.1. The summed E-state index contributed by atoms with van der Waals surface area (Å²) in [6.45, 7) is 1.25. The van der Waals surface area contributed by atoms with Crippen LogP contribution in [0.4, 0.5) is 9.52 Å². The summed E-state index contributed by atoms with van der Waals surface area (Å²) < 4.78 is 12.7. The molecule has 0 atom stereocenters.